The third-order valence-electron chi connectivity index (χ3n) is 6.99. The third-order valence-corrected chi connectivity index (χ3v) is 6.99. The Kier molecular flexibility index (Phi) is 6.97. The van der Waals surface area contributed by atoms with Gasteiger partial charge in [-0.25, -0.2) is 0 Å². The van der Waals surface area contributed by atoms with Crippen molar-refractivity contribution in [2.24, 2.45) is 5.92 Å². The van der Waals surface area contributed by atoms with Crippen LogP contribution in [0.5, 0.6) is 0 Å². The van der Waals surface area contributed by atoms with Gasteiger partial charge in [0.05, 0.1) is 0 Å². The summed E-state index contributed by atoms with van der Waals surface area (Å²) in [6, 6.07) is 2.40. The molecule has 0 aromatic heterocycles. The summed E-state index contributed by atoms with van der Waals surface area (Å²) in [5.74, 6) is 0.850. The lowest BCUT2D eigenvalue weighted by molar-refractivity contribution is 0.0246. The zero-order chi connectivity index (χ0) is 16.9. The van der Waals surface area contributed by atoms with Crippen molar-refractivity contribution < 1.29 is 0 Å². The minimum Gasteiger partial charge on any atom is -0.315 e. The monoisotopic (exact) mass is 336 g/mol. The normalized spacial score (nSPS) is 34.8. The number of hydrogen-bond acceptors (Lipinski definition) is 4. The Hall–Kier alpha value is -0.160. The van der Waals surface area contributed by atoms with Gasteiger partial charge in [-0.3, -0.25) is 4.90 Å². The van der Waals surface area contributed by atoms with E-state index < -0.39 is 0 Å². The molecule has 4 nitrogen and oxygen atoms in total. The summed E-state index contributed by atoms with van der Waals surface area (Å²) in [6.45, 7) is 9.99. The molecule has 140 valence electrons. The summed E-state index contributed by atoms with van der Waals surface area (Å²) in [7, 11) is 4.66. The lowest BCUT2D eigenvalue weighted by Gasteiger charge is -2.48. The molecule has 3 heterocycles. The summed E-state index contributed by atoms with van der Waals surface area (Å²) < 4.78 is 0. The van der Waals surface area contributed by atoms with Gasteiger partial charge in [0, 0.05) is 31.2 Å². The molecular weight excluding hydrogens is 296 g/mol. The molecule has 3 aliphatic rings. The van der Waals surface area contributed by atoms with Crippen LogP contribution >= 0.6 is 0 Å². The largest absolute Gasteiger partial charge is 0.315 e. The topological polar surface area (TPSA) is 21.8 Å². The lowest BCUT2D eigenvalue weighted by Crippen LogP contribution is -2.58. The van der Waals surface area contributed by atoms with E-state index in [0.29, 0.717) is 0 Å². The lowest BCUT2D eigenvalue weighted by atomic mass is 9.86. The summed E-state index contributed by atoms with van der Waals surface area (Å²) >= 11 is 0. The smallest absolute Gasteiger partial charge is 0.0264 e. The molecule has 1 N–H and O–H groups in total. The van der Waals surface area contributed by atoms with Gasteiger partial charge in [-0.2, -0.15) is 0 Å². The summed E-state index contributed by atoms with van der Waals surface area (Å²) in [5.41, 5.74) is 0. The fourth-order valence-electron chi connectivity index (χ4n) is 5.35. The minimum atomic E-state index is 0.762. The van der Waals surface area contributed by atoms with E-state index in [1.165, 1.54) is 84.2 Å². The quantitative estimate of drug-likeness (QED) is 0.831. The maximum Gasteiger partial charge on any atom is 0.0264 e. The highest BCUT2D eigenvalue weighted by Gasteiger charge is 2.35. The van der Waals surface area contributed by atoms with Crippen molar-refractivity contribution in [3.63, 3.8) is 0 Å². The fraction of sp³-hybridized carbons (Fsp3) is 1.00. The van der Waals surface area contributed by atoms with E-state index in [-0.39, 0.29) is 0 Å². The molecule has 0 saturated carbocycles. The van der Waals surface area contributed by atoms with Crippen LogP contribution in [0.4, 0.5) is 0 Å². The van der Waals surface area contributed by atoms with Gasteiger partial charge in [-0.1, -0.05) is 13.3 Å². The van der Waals surface area contributed by atoms with E-state index in [0.717, 1.165) is 24.0 Å². The Morgan fingerprint density at radius 3 is 2.58 bits per heavy atom. The average Bonchev–Trinajstić information content (AvgIpc) is 2.62. The molecule has 0 radical (unpaired) electrons. The number of nitrogens with zero attached hydrogens (tertiary/aromatic N) is 3. The molecule has 3 fully saturated rings. The first-order chi connectivity index (χ1) is 11.7. The fourth-order valence-corrected chi connectivity index (χ4v) is 5.35. The van der Waals surface area contributed by atoms with E-state index in [1.807, 2.05) is 0 Å². The van der Waals surface area contributed by atoms with Crippen molar-refractivity contribution in [1.29, 1.82) is 0 Å². The average molecular weight is 337 g/mol. The molecule has 0 amide bonds. The summed E-state index contributed by atoms with van der Waals surface area (Å²) in [5, 5.41) is 3.70. The second kappa shape index (κ2) is 8.98. The Bertz CT molecular complexity index is 367. The van der Waals surface area contributed by atoms with Crippen molar-refractivity contribution in [1.82, 2.24) is 20.0 Å². The van der Waals surface area contributed by atoms with Crippen molar-refractivity contribution in [2.45, 2.75) is 70.0 Å². The van der Waals surface area contributed by atoms with Gasteiger partial charge in [-0.05, 0) is 84.7 Å². The predicted molar refractivity (Wildman–Crippen MR) is 103 cm³/mol. The van der Waals surface area contributed by atoms with E-state index in [4.69, 9.17) is 0 Å². The van der Waals surface area contributed by atoms with Crippen molar-refractivity contribution in [3.05, 3.63) is 0 Å². The highest BCUT2D eigenvalue weighted by molar-refractivity contribution is 4.92. The molecule has 3 saturated heterocycles. The number of nitrogens with one attached hydrogen (secondary N) is 1. The molecule has 3 rings (SSSR count). The molecular formula is C20H40N4. The number of hydrogen-bond donors (Lipinski definition) is 1. The number of likely N-dealkylation sites (tertiary alicyclic amines) is 2. The van der Waals surface area contributed by atoms with Crippen LogP contribution in [-0.2, 0) is 0 Å². The third kappa shape index (κ3) is 4.51. The van der Waals surface area contributed by atoms with Crippen LogP contribution < -0.4 is 5.32 Å². The van der Waals surface area contributed by atoms with E-state index >= 15 is 0 Å². The van der Waals surface area contributed by atoms with Crippen LogP contribution in [0, 0.1) is 5.92 Å². The first kappa shape index (κ1) is 18.6. The summed E-state index contributed by atoms with van der Waals surface area (Å²) in [6.07, 6.45) is 9.65. The molecule has 0 aromatic carbocycles. The minimum absolute atomic E-state index is 0.762. The highest BCUT2D eigenvalue weighted by atomic mass is 15.2. The number of rotatable bonds is 5. The van der Waals surface area contributed by atoms with Crippen molar-refractivity contribution in [3.8, 4) is 0 Å². The molecule has 3 aliphatic heterocycles. The summed E-state index contributed by atoms with van der Waals surface area (Å²) in [4.78, 5) is 8.08. The highest BCUT2D eigenvalue weighted by Crippen LogP contribution is 2.29. The molecule has 3 atom stereocenters. The van der Waals surface area contributed by atoms with Crippen LogP contribution in [0.15, 0.2) is 0 Å². The molecule has 0 aromatic rings. The van der Waals surface area contributed by atoms with Crippen molar-refractivity contribution >= 4 is 0 Å². The van der Waals surface area contributed by atoms with Gasteiger partial charge in [-0.15, -0.1) is 0 Å². The van der Waals surface area contributed by atoms with Gasteiger partial charge in [0.2, 0.25) is 0 Å². The Morgan fingerprint density at radius 2 is 1.83 bits per heavy atom. The van der Waals surface area contributed by atoms with Crippen LogP contribution in [0.2, 0.25) is 0 Å². The molecule has 0 aliphatic carbocycles. The Balaban J connectivity index is 1.59. The van der Waals surface area contributed by atoms with Gasteiger partial charge < -0.3 is 15.1 Å². The van der Waals surface area contributed by atoms with E-state index in [9.17, 15) is 0 Å². The van der Waals surface area contributed by atoms with Crippen LogP contribution in [0.1, 0.15) is 51.9 Å². The molecule has 4 heteroatoms. The number of piperidine rings is 3. The van der Waals surface area contributed by atoms with Crippen LogP contribution in [0.3, 0.4) is 0 Å². The Labute approximate surface area is 149 Å². The standard InChI is InChI=1S/C20H40N4/c1-4-18-7-5-6-12-24(18)20-15-21-11-8-17(20)16-23(3)19-9-13-22(2)14-10-19/h17-21H,4-16H2,1-3H3. The Morgan fingerprint density at radius 1 is 1.04 bits per heavy atom. The van der Waals surface area contributed by atoms with Crippen molar-refractivity contribution in [2.75, 3.05) is 53.4 Å². The molecule has 3 unspecified atom stereocenters. The maximum absolute atomic E-state index is 3.70. The molecule has 0 bridgehead atoms. The maximum atomic E-state index is 3.70. The van der Waals surface area contributed by atoms with E-state index in [1.54, 1.807) is 0 Å². The zero-order valence-electron chi connectivity index (χ0n) is 16.3. The van der Waals surface area contributed by atoms with Gasteiger partial charge in [0.15, 0.2) is 0 Å². The zero-order valence-corrected chi connectivity index (χ0v) is 16.3. The van der Waals surface area contributed by atoms with Crippen LogP contribution in [-0.4, -0.2) is 86.2 Å². The second-order valence-corrected chi connectivity index (χ2v) is 8.59. The molecule has 0 spiro atoms. The van der Waals surface area contributed by atoms with Gasteiger partial charge >= 0.3 is 0 Å². The predicted octanol–water partition coefficient (Wildman–Crippen LogP) is 2.26. The second-order valence-electron chi connectivity index (χ2n) is 8.59. The van der Waals surface area contributed by atoms with Gasteiger partial charge in [0.1, 0.15) is 0 Å². The van der Waals surface area contributed by atoms with Crippen LogP contribution in [0.25, 0.3) is 0 Å². The molecule has 24 heavy (non-hydrogen) atoms. The van der Waals surface area contributed by atoms with Gasteiger partial charge in [0.25, 0.3) is 0 Å². The SMILES string of the molecule is CCC1CCCCN1C1CNCCC1CN(C)C1CCN(C)CC1. The first-order valence-corrected chi connectivity index (χ1v) is 10.5. The first-order valence-electron chi connectivity index (χ1n) is 10.5. The van der Waals surface area contributed by atoms with E-state index in [2.05, 4.69) is 41.0 Å².